The number of benzene rings is 1. The summed E-state index contributed by atoms with van der Waals surface area (Å²) in [4.78, 5) is 11.2. The van der Waals surface area contributed by atoms with Gasteiger partial charge in [-0.25, -0.2) is 0 Å². The van der Waals surface area contributed by atoms with Crippen molar-refractivity contribution >= 4 is 12.0 Å². The van der Waals surface area contributed by atoms with Crippen LogP contribution in [0.1, 0.15) is 12.5 Å². The molecule has 0 aliphatic rings. The first-order valence-corrected chi connectivity index (χ1v) is 6.03. The highest BCUT2D eigenvalue weighted by Crippen LogP contribution is 2.04. The highest BCUT2D eigenvalue weighted by molar-refractivity contribution is 5.78. The second-order valence-electron chi connectivity index (χ2n) is 4.08. The van der Waals surface area contributed by atoms with Gasteiger partial charge in [0.15, 0.2) is 0 Å². The molecule has 98 valence electrons. The lowest BCUT2D eigenvalue weighted by molar-refractivity contribution is -0.120. The van der Waals surface area contributed by atoms with Gasteiger partial charge in [-0.3, -0.25) is 4.79 Å². The fourth-order valence-corrected chi connectivity index (χ4v) is 1.52. The molecular weight excluding hydrogens is 228 g/mol. The van der Waals surface area contributed by atoms with Crippen molar-refractivity contribution in [3.63, 3.8) is 0 Å². The molecule has 1 aromatic rings. The summed E-state index contributed by atoms with van der Waals surface area (Å²) >= 11 is 0. The third-order valence-corrected chi connectivity index (χ3v) is 2.34. The van der Waals surface area contributed by atoms with E-state index in [9.17, 15) is 4.79 Å². The minimum Gasteiger partial charge on any atom is -0.395 e. The molecule has 0 bridgehead atoms. The molecule has 1 aromatic carbocycles. The van der Waals surface area contributed by atoms with Crippen LogP contribution < -0.4 is 10.6 Å². The maximum absolute atomic E-state index is 11.2. The Hall–Kier alpha value is -1.65. The maximum atomic E-state index is 11.2. The van der Waals surface area contributed by atoms with E-state index in [0.29, 0.717) is 13.1 Å². The van der Waals surface area contributed by atoms with Crippen LogP contribution in [-0.4, -0.2) is 37.3 Å². The first-order chi connectivity index (χ1) is 8.72. The van der Waals surface area contributed by atoms with Gasteiger partial charge in [0.1, 0.15) is 0 Å². The van der Waals surface area contributed by atoms with E-state index in [1.807, 2.05) is 37.3 Å². The smallest absolute Gasteiger partial charge is 0.234 e. The van der Waals surface area contributed by atoms with E-state index < -0.39 is 0 Å². The van der Waals surface area contributed by atoms with E-state index >= 15 is 0 Å². The van der Waals surface area contributed by atoms with Gasteiger partial charge in [0.2, 0.25) is 5.91 Å². The number of hydrogen-bond donors (Lipinski definition) is 3. The van der Waals surface area contributed by atoms with Gasteiger partial charge in [-0.05, 0) is 12.5 Å². The first-order valence-electron chi connectivity index (χ1n) is 6.03. The van der Waals surface area contributed by atoms with Crippen molar-refractivity contribution in [1.82, 2.24) is 10.6 Å². The zero-order valence-corrected chi connectivity index (χ0v) is 10.6. The number of amides is 1. The highest BCUT2D eigenvalue weighted by atomic mass is 16.3. The van der Waals surface area contributed by atoms with Gasteiger partial charge in [-0.2, -0.15) is 0 Å². The van der Waals surface area contributed by atoms with Crippen molar-refractivity contribution < 1.29 is 9.90 Å². The van der Waals surface area contributed by atoms with Crippen molar-refractivity contribution in [2.24, 2.45) is 0 Å². The van der Waals surface area contributed by atoms with E-state index in [0.717, 1.165) is 11.1 Å². The first kappa shape index (κ1) is 14.4. The molecule has 0 saturated carbocycles. The molecule has 0 fully saturated rings. The molecule has 0 atom stereocenters. The summed E-state index contributed by atoms with van der Waals surface area (Å²) in [6, 6.07) is 10.1. The molecule has 0 unspecified atom stereocenters. The number of nitrogens with one attached hydrogen (secondary N) is 2. The number of hydrogen-bond acceptors (Lipinski definition) is 3. The second-order valence-corrected chi connectivity index (χ2v) is 4.08. The van der Waals surface area contributed by atoms with Gasteiger partial charge in [0, 0.05) is 13.1 Å². The summed E-state index contributed by atoms with van der Waals surface area (Å²) in [5, 5.41) is 14.2. The molecule has 0 radical (unpaired) electrons. The monoisotopic (exact) mass is 248 g/mol. The van der Waals surface area contributed by atoms with Crippen LogP contribution in [0.5, 0.6) is 0 Å². The average Bonchev–Trinajstić information content (AvgIpc) is 2.37. The topological polar surface area (TPSA) is 61.4 Å². The molecule has 0 heterocycles. The van der Waals surface area contributed by atoms with E-state index in [4.69, 9.17) is 5.11 Å². The predicted octanol–water partition coefficient (Wildman–Crippen LogP) is 0.788. The molecular formula is C14H20N2O2. The predicted molar refractivity (Wildman–Crippen MR) is 73.1 cm³/mol. The molecule has 1 rings (SSSR count). The molecule has 18 heavy (non-hydrogen) atoms. The summed E-state index contributed by atoms with van der Waals surface area (Å²) in [5.41, 5.74) is 2.32. The Bertz CT molecular complexity index is 388. The van der Waals surface area contributed by atoms with Crippen LogP contribution in [0.3, 0.4) is 0 Å². The quantitative estimate of drug-likeness (QED) is 0.668. The van der Waals surface area contributed by atoms with Crippen LogP contribution in [0, 0.1) is 0 Å². The summed E-state index contributed by atoms with van der Waals surface area (Å²) in [6.07, 6.45) is 2.08. The molecule has 3 N–H and O–H groups in total. The molecule has 0 saturated heterocycles. The van der Waals surface area contributed by atoms with E-state index in [-0.39, 0.29) is 19.1 Å². The maximum Gasteiger partial charge on any atom is 0.234 e. The lowest BCUT2D eigenvalue weighted by Gasteiger charge is -2.06. The van der Waals surface area contributed by atoms with Crippen molar-refractivity contribution in [3.05, 3.63) is 41.5 Å². The summed E-state index contributed by atoms with van der Waals surface area (Å²) in [7, 11) is 0. The molecule has 0 spiro atoms. The lowest BCUT2D eigenvalue weighted by Crippen LogP contribution is -2.35. The largest absolute Gasteiger partial charge is 0.395 e. The van der Waals surface area contributed by atoms with Crippen LogP contribution >= 0.6 is 0 Å². The Morgan fingerprint density at radius 2 is 2.00 bits per heavy atom. The molecule has 0 aromatic heterocycles. The fraction of sp³-hybridized carbons (Fsp3) is 0.357. The third kappa shape index (κ3) is 6.18. The van der Waals surface area contributed by atoms with Gasteiger partial charge < -0.3 is 15.7 Å². The number of carbonyl (C=O) groups is 1. The highest BCUT2D eigenvalue weighted by Gasteiger charge is 1.99. The number of rotatable bonds is 7. The van der Waals surface area contributed by atoms with Crippen LogP contribution in [0.15, 0.2) is 35.9 Å². The van der Waals surface area contributed by atoms with E-state index in [1.165, 1.54) is 0 Å². The zero-order valence-electron chi connectivity index (χ0n) is 10.6. The molecule has 0 aliphatic heterocycles. The Kier molecular flexibility index (Phi) is 6.76. The van der Waals surface area contributed by atoms with Gasteiger partial charge in [0.25, 0.3) is 0 Å². The molecule has 1 amide bonds. The Morgan fingerprint density at radius 3 is 2.67 bits per heavy atom. The SMILES string of the molecule is C/C(=C/c1ccccc1)CNCC(=O)NCCO. The summed E-state index contributed by atoms with van der Waals surface area (Å²) in [6.45, 7) is 3.23. The van der Waals surface area contributed by atoms with Crippen molar-refractivity contribution in [2.45, 2.75) is 6.92 Å². The number of carbonyl (C=O) groups excluding carboxylic acids is 1. The van der Waals surface area contributed by atoms with Gasteiger partial charge in [-0.15, -0.1) is 0 Å². The number of aliphatic hydroxyl groups is 1. The standard InChI is InChI=1S/C14H20N2O2/c1-12(9-13-5-3-2-4-6-13)10-15-11-14(18)16-7-8-17/h2-6,9,15,17H,7-8,10-11H2,1H3,(H,16,18)/b12-9-. The Labute approximate surface area is 108 Å². The fourth-order valence-electron chi connectivity index (χ4n) is 1.52. The van der Waals surface area contributed by atoms with Crippen LogP contribution in [-0.2, 0) is 4.79 Å². The van der Waals surface area contributed by atoms with Crippen LogP contribution in [0.4, 0.5) is 0 Å². The van der Waals surface area contributed by atoms with E-state index in [1.54, 1.807) is 0 Å². The second kappa shape index (κ2) is 8.44. The Balaban J connectivity index is 2.27. The normalized spacial score (nSPS) is 11.3. The molecule has 0 aliphatic carbocycles. The van der Waals surface area contributed by atoms with Crippen molar-refractivity contribution in [2.75, 3.05) is 26.2 Å². The van der Waals surface area contributed by atoms with Gasteiger partial charge in [0.05, 0.1) is 13.2 Å². The Morgan fingerprint density at radius 1 is 1.28 bits per heavy atom. The zero-order chi connectivity index (χ0) is 13.2. The third-order valence-electron chi connectivity index (χ3n) is 2.34. The van der Waals surface area contributed by atoms with Gasteiger partial charge in [-0.1, -0.05) is 42.0 Å². The van der Waals surface area contributed by atoms with Crippen molar-refractivity contribution in [3.8, 4) is 0 Å². The minimum absolute atomic E-state index is 0.0291. The van der Waals surface area contributed by atoms with Crippen molar-refractivity contribution in [1.29, 1.82) is 0 Å². The van der Waals surface area contributed by atoms with Crippen LogP contribution in [0.2, 0.25) is 0 Å². The summed E-state index contributed by atoms with van der Waals surface area (Å²) in [5.74, 6) is -0.100. The lowest BCUT2D eigenvalue weighted by atomic mass is 10.1. The average molecular weight is 248 g/mol. The van der Waals surface area contributed by atoms with Crippen LogP contribution in [0.25, 0.3) is 6.08 Å². The van der Waals surface area contributed by atoms with E-state index in [2.05, 4.69) is 16.7 Å². The molecule has 4 heteroatoms. The minimum atomic E-state index is -0.100. The van der Waals surface area contributed by atoms with Gasteiger partial charge >= 0.3 is 0 Å². The number of aliphatic hydroxyl groups excluding tert-OH is 1. The summed E-state index contributed by atoms with van der Waals surface area (Å²) < 4.78 is 0. The molecule has 4 nitrogen and oxygen atoms in total.